The summed E-state index contributed by atoms with van der Waals surface area (Å²) >= 11 is 0. The summed E-state index contributed by atoms with van der Waals surface area (Å²) in [6.45, 7) is 7.94. The van der Waals surface area contributed by atoms with Crippen LogP contribution in [0.5, 0.6) is 0 Å². The van der Waals surface area contributed by atoms with E-state index in [1.54, 1.807) is 17.7 Å². The lowest BCUT2D eigenvalue weighted by Gasteiger charge is -2.20. The molecule has 0 amide bonds. The van der Waals surface area contributed by atoms with Gasteiger partial charge in [0.1, 0.15) is 12.2 Å². The van der Waals surface area contributed by atoms with Crippen molar-refractivity contribution in [2.45, 2.75) is 39.8 Å². The van der Waals surface area contributed by atoms with Crippen LogP contribution in [0.1, 0.15) is 27.7 Å². The van der Waals surface area contributed by atoms with Gasteiger partial charge in [0, 0.05) is 11.7 Å². The van der Waals surface area contributed by atoms with Crippen molar-refractivity contribution in [3.05, 3.63) is 34.9 Å². The third kappa shape index (κ3) is 2.64. The fourth-order valence-electron chi connectivity index (χ4n) is 1.93. The summed E-state index contributed by atoms with van der Waals surface area (Å²) in [5.74, 6) is 6.21. The molecule has 2 heterocycles. The maximum absolute atomic E-state index is 12.5. The number of pyridine rings is 1. The van der Waals surface area contributed by atoms with Crippen molar-refractivity contribution < 1.29 is 0 Å². The van der Waals surface area contributed by atoms with Crippen LogP contribution in [0.3, 0.4) is 0 Å². The normalized spacial score (nSPS) is 11.0. The first kappa shape index (κ1) is 14.1. The van der Waals surface area contributed by atoms with Gasteiger partial charge in [0.05, 0.1) is 0 Å². The first-order valence-corrected chi connectivity index (χ1v) is 6.46. The van der Waals surface area contributed by atoms with Gasteiger partial charge in [0.15, 0.2) is 5.82 Å². The van der Waals surface area contributed by atoms with E-state index < -0.39 is 0 Å². The molecule has 20 heavy (non-hydrogen) atoms. The van der Waals surface area contributed by atoms with Gasteiger partial charge in [-0.2, -0.15) is 0 Å². The first-order valence-electron chi connectivity index (χ1n) is 6.46. The van der Waals surface area contributed by atoms with Crippen LogP contribution in [-0.4, -0.2) is 19.3 Å². The van der Waals surface area contributed by atoms with Crippen LogP contribution < -0.4 is 5.69 Å². The molecule has 5 heteroatoms. The van der Waals surface area contributed by atoms with Crippen LogP contribution in [0.4, 0.5) is 0 Å². The van der Waals surface area contributed by atoms with Crippen molar-refractivity contribution in [3.8, 4) is 23.4 Å². The fourth-order valence-corrected chi connectivity index (χ4v) is 1.93. The molecule has 2 aromatic rings. The highest BCUT2D eigenvalue weighted by atomic mass is 16.2. The lowest BCUT2D eigenvalue weighted by molar-refractivity contribution is 0.384. The molecule has 0 fully saturated rings. The minimum absolute atomic E-state index is 0.166. The van der Waals surface area contributed by atoms with Gasteiger partial charge in [0.25, 0.3) is 0 Å². The smallest absolute Gasteiger partial charge is 0.268 e. The zero-order valence-electron chi connectivity index (χ0n) is 12.2. The van der Waals surface area contributed by atoms with Crippen molar-refractivity contribution in [1.82, 2.24) is 19.3 Å². The Labute approximate surface area is 118 Å². The molecule has 0 spiro atoms. The third-order valence-electron chi connectivity index (χ3n) is 2.81. The number of hydrogen-bond acceptors (Lipinski definition) is 3. The molecule has 0 saturated heterocycles. The molecule has 5 nitrogen and oxygen atoms in total. The molecule has 2 aromatic heterocycles. The zero-order chi connectivity index (χ0) is 14.8. The first-order chi connectivity index (χ1) is 9.45. The van der Waals surface area contributed by atoms with Crippen LogP contribution in [0, 0.1) is 11.8 Å². The van der Waals surface area contributed by atoms with Crippen molar-refractivity contribution in [2.75, 3.05) is 0 Å². The van der Waals surface area contributed by atoms with Gasteiger partial charge < -0.3 is 0 Å². The molecular formula is C15H18N4O. The Morgan fingerprint density at radius 3 is 2.60 bits per heavy atom. The van der Waals surface area contributed by atoms with Crippen LogP contribution in [-0.2, 0) is 12.1 Å². The Balaban J connectivity index is 2.66. The maximum Gasteiger partial charge on any atom is 0.347 e. The second kappa shape index (κ2) is 5.33. The summed E-state index contributed by atoms with van der Waals surface area (Å²) < 4.78 is 3.04. The Kier molecular flexibility index (Phi) is 3.75. The zero-order valence-corrected chi connectivity index (χ0v) is 12.2. The largest absolute Gasteiger partial charge is 0.347 e. The van der Waals surface area contributed by atoms with Crippen LogP contribution in [0.2, 0.25) is 0 Å². The molecule has 0 aliphatic carbocycles. The molecule has 0 atom stereocenters. The summed E-state index contributed by atoms with van der Waals surface area (Å²) in [6.07, 6.45) is 1.69. The molecule has 0 radical (unpaired) electrons. The van der Waals surface area contributed by atoms with E-state index in [-0.39, 0.29) is 17.8 Å². The van der Waals surface area contributed by atoms with E-state index in [9.17, 15) is 4.79 Å². The number of aromatic nitrogens is 4. The molecule has 104 valence electrons. The summed E-state index contributed by atoms with van der Waals surface area (Å²) in [6, 6.07) is 5.56. The Hall–Kier alpha value is -2.35. The van der Waals surface area contributed by atoms with Gasteiger partial charge in [-0.1, -0.05) is 12.0 Å². The van der Waals surface area contributed by atoms with Gasteiger partial charge in [0.2, 0.25) is 0 Å². The van der Waals surface area contributed by atoms with Crippen molar-refractivity contribution in [3.63, 3.8) is 0 Å². The molecule has 2 rings (SSSR count). The number of rotatable bonds is 2. The predicted molar refractivity (Wildman–Crippen MR) is 78.2 cm³/mol. The van der Waals surface area contributed by atoms with E-state index in [0.717, 1.165) is 0 Å². The molecular weight excluding hydrogens is 252 g/mol. The SMILES string of the molecule is CC#CCn1nc(-c2ccccn2)n(C(C)(C)C)c1=O. The van der Waals surface area contributed by atoms with E-state index in [1.807, 2.05) is 39.0 Å². The Morgan fingerprint density at radius 1 is 1.30 bits per heavy atom. The minimum Gasteiger partial charge on any atom is -0.268 e. The average Bonchev–Trinajstić information content (AvgIpc) is 2.74. The van der Waals surface area contributed by atoms with Gasteiger partial charge in [-0.25, -0.2) is 9.48 Å². The standard InChI is InChI=1S/C15H18N4O/c1-5-6-11-18-14(20)19(15(2,3)4)13(17-18)12-9-7-8-10-16-12/h7-10H,11H2,1-4H3. The second-order valence-corrected chi connectivity index (χ2v) is 5.41. The molecule has 0 aliphatic heterocycles. The molecule has 0 bridgehead atoms. The van der Waals surface area contributed by atoms with Gasteiger partial charge in [-0.15, -0.1) is 11.0 Å². The van der Waals surface area contributed by atoms with E-state index in [1.165, 1.54) is 4.68 Å². The van der Waals surface area contributed by atoms with Gasteiger partial charge in [-0.05, 0) is 39.8 Å². The second-order valence-electron chi connectivity index (χ2n) is 5.41. The quantitative estimate of drug-likeness (QED) is 0.783. The van der Waals surface area contributed by atoms with Crippen molar-refractivity contribution >= 4 is 0 Å². The summed E-state index contributed by atoms with van der Waals surface area (Å²) in [4.78, 5) is 16.8. The van der Waals surface area contributed by atoms with E-state index in [2.05, 4.69) is 21.9 Å². The molecule has 0 unspecified atom stereocenters. The Bertz CT molecular complexity index is 708. The van der Waals surface area contributed by atoms with Crippen LogP contribution >= 0.6 is 0 Å². The summed E-state index contributed by atoms with van der Waals surface area (Å²) in [7, 11) is 0. The van der Waals surface area contributed by atoms with E-state index in [0.29, 0.717) is 11.5 Å². The highest BCUT2D eigenvalue weighted by Gasteiger charge is 2.24. The van der Waals surface area contributed by atoms with Crippen LogP contribution in [0.25, 0.3) is 11.5 Å². The number of nitrogens with zero attached hydrogens (tertiary/aromatic N) is 4. The number of hydrogen-bond donors (Lipinski definition) is 0. The molecule has 0 N–H and O–H groups in total. The molecule has 0 aromatic carbocycles. The van der Waals surface area contributed by atoms with E-state index >= 15 is 0 Å². The Morgan fingerprint density at radius 2 is 2.05 bits per heavy atom. The van der Waals surface area contributed by atoms with Gasteiger partial charge >= 0.3 is 5.69 Å². The predicted octanol–water partition coefficient (Wildman–Crippen LogP) is 1.89. The average molecular weight is 270 g/mol. The highest BCUT2D eigenvalue weighted by molar-refractivity contribution is 5.48. The third-order valence-corrected chi connectivity index (χ3v) is 2.81. The topological polar surface area (TPSA) is 52.7 Å². The molecule has 0 saturated carbocycles. The molecule has 0 aliphatic rings. The van der Waals surface area contributed by atoms with E-state index in [4.69, 9.17) is 0 Å². The highest BCUT2D eigenvalue weighted by Crippen LogP contribution is 2.20. The van der Waals surface area contributed by atoms with Crippen molar-refractivity contribution in [2.24, 2.45) is 0 Å². The lowest BCUT2D eigenvalue weighted by Crippen LogP contribution is -2.35. The monoisotopic (exact) mass is 270 g/mol. The van der Waals surface area contributed by atoms with Gasteiger partial charge in [-0.3, -0.25) is 9.55 Å². The lowest BCUT2D eigenvalue weighted by atomic mass is 10.1. The van der Waals surface area contributed by atoms with Crippen LogP contribution in [0.15, 0.2) is 29.2 Å². The summed E-state index contributed by atoms with van der Waals surface area (Å²) in [5.41, 5.74) is 0.144. The maximum atomic E-state index is 12.5. The summed E-state index contributed by atoms with van der Waals surface area (Å²) in [5, 5.41) is 4.39. The fraction of sp³-hybridized carbons (Fsp3) is 0.400. The minimum atomic E-state index is -0.373. The van der Waals surface area contributed by atoms with Crippen molar-refractivity contribution in [1.29, 1.82) is 0 Å².